The number of carbonyl (C=O) groups is 1. The number of carbonyl (C=O) groups excluding carboxylic acids is 1. The van der Waals surface area contributed by atoms with E-state index in [1.165, 1.54) is 6.42 Å². The third-order valence-corrected chi connectivity index (χ3v) is 4.51. The number of pyridine rings is 1. The molecule has 0 aromatic carbocycles. The van der Waals surface area contributed by atoms with Crippen LogP contribution in [0.2, 0.25) is 0 Å². The van der Waals surface area contributed by atoms with Gasteiger partial charge >= 0.3 is 5.69 Å². The number of likely N-dealkylation sites (tertiary alicyclic amines) is 1. The smallest absolute Gasteiger partial charge is 0.330 e. The average molecular weight is 302 g/mol. The van der Waals surface area contributed by atoms with Crippen LogP contribution in [0.25, 0.3) is 11.2 Å². The SMILES string of the molecule is CCn1c(=O)n(CC(=O)N2CCCC[C@@H]2C)c2cccnc21. The monoisotopic (exact) mass is 302 g/mol. The summed E-state index contributed by atoms with van der Waals surface area (Å²) >= 11 is 0. The van der Waals surface area contributed by atoms with Gasteiger partial charge in [-0.1, -0.05) is 0 Å². The third-order valence-electron chi connectivity index (χ3n) is 4.51. The van der Waals surface area contributed by atoms with Crippen LogP contribution in [0, 0.1) is 0 Å². The number of aromatic nitrogens is 3. The lowest BCUT2D eigenvalue weighted by atomic mass is 10.0. The highest BCUT2D eigenvalue weighted by atomic mass is 16.2. The van der Waals surface area contributed by atoms with Gasteiger partial charge in [0.25, 0.3) is 0 Å². The summed E-state index contributed by atoms with van der Waals surface area (Å²) in [5, 5.41) is 0. The second kappa shape index (κ2) is 5.94. The summed E-state index contributed by atoms with van der Waals surface area (Å²) < 4.78 is 3.16. The lowest BCUT2D eigenvalue weighted by molar-refractivity contribution is -0.135. The highest BCUT2D eigenvalue weighted by Gasteiger charge is 2.25. The van der Waals surface area contributed by atoms with Gasteiger partial charge in [0.05, 0.1) is 5.52 Å². The van der Waals surface area contributed by atoms with Gasteiger partial charge in [-0.2, -0.15) is 0 Å². The fourth-order valence-electron chi connectivity index (χ4n) is 3.28. The van der Waals surface area contributed by atoms with Crippen LogP contribution in [0.5, 0.6) is 0 Å². The highest BCUT2D eigenvalue weighted by Crippen LogP contribution is 2.17. The van der Waals surface area contributed by atoms with Crippen LogP contribution in [0.3, 0.4) is 0 Å². The molecule has 2 aromatic heterocycles. The number of imidazole rings is 1. The Balaban J connectivity index is 1.95. The molecule has 22 heavy (non-hydrogen) atoms. The number of hydrogen-bond acceptors (Lipinski definition) is 3. The van der Waals surface area contributed by atoms with Gasteiger partial charge in [-0.3, -0.25) is 13.9 Å². The van der Waals surface area contributed by atoms with Gasteiger partial charge in [-0.25, -0.2) is 9.78 Å². The summed E-state index contributed by atoms with van der Waals surface area (Å²) in [6.07, 6.45) is 4.93. The fraction of sp³-hybridized carbons (Fsp3) is 0.562. The molecular weight excluding hydrogens is 280 g/mol. The molecule has 1 aliphatic heterocycles. The molecule has 1 saturated heterocycles. The van der Waals surface area contributed by atoms with Gasteiger partial charge in [0.2, 0.25) is 5.91 Å². The Bertz CT molecular complexity index is 746. The fourth-order valence-corrected chi connectivity index (χ4v) is 3.28. The van der Waals surface area contributed by atoms with Crippen LogP contribution in [-0.2, 0) is 17.9 Å². The van der Waals surface area contributed by atoms with Crippen molar-refractivity contribution in [2.45, 2.75) is 52.2 Å². The largest absolute Gasteiger partial charge is 0.338 e. The van der Waals surface area contributed by atoms with E-state index in [2.05, 4.69) is 11.9 Å². The molecule has 0 bridgehead atoms. The second-order valence-corrected chi connectivity index (χ2v) is 5.89. The zero-order chi connectivity index (χ0) is 15.7. The zero-order valence-corrected chi connectivity index (χ0v) is 13.2. The van der Waals surface area contributed by atoms with E-state index in [0.717, 1.165) is 24.9 Å². The molecule has 6 heteroatoms. The van der Waals surface area contributed by atoms with Gasteiger partial charge < -0.3 is 4.90 Å². The van der Waals surface area contributed by atoms with E-state index in [1.54, 1.807) is 21.4 Å². The maximum absolute atomic E-state index is 12.6. The van der Waals surface area contributed by atoms with E-state index in [-0.39, 0.29) is 24.2 Å². The Hall–Kier alpha value is -2.11. The van der Waals surface area contributed by atoms with Crippen LogP contribution in [-0.4, -0.2) is 37.5 Å². The molecule has 3 heterocycles. The molecule has 0 spiro atoms. The molecule has 118 valence electrons. The summed E-state index contributed by atoms with van der Waals surface area (Å²) in [5.41, 5.74) is 1.22. The first-order valence-corrected chi connectivity index (χ1v) is 7.97. The van der Waals surface area contributed by atoms with Crippen LogP contribution < -0.4 is 5.69 Å². The predicted molar refractivity (Wildman–Crippen MR) is 84.7 cm³/mol. The number of hydrogen-bond donors (Lipinski definition) is 0. The molecule has 1 aliphatic rings. The third kappa shape index (κ3) is 2.42. The van der Waals surface area contributed by atoms with Crippen LogP contribution in [0.15, 0.2) is 23.1 Å². The highest BCUT2D eigenvalue weighted by molar-refractivity contribution is 5.79. The molecule has 0 aliphatic carbocycles. The minimum absolute atomic E-state index is 0.0216. The zero-order valence-electron chi connectivity index (χ0n) is 13.2. The predicted octanol–water partition coefficient (Wildman–Crippen LogP) is 1.62. The van der Waals surface area contributed by atoms with Gasteiger partial charge in [0, 0.05) is 25.3 Å². The normalized spacial score (nSPS) is 18.8. The van der Waals surface area contributed by atoms with E-state index in [9.17, 15) is 9.59 Å². The van der Waals surface area contributed by atoms with Crippen molar-refractivity contribution in [1.29, 1.82) is 0 Å². The first-order chi connectivity index (χ1) is 10.6. The molecule has 1 fully saturated rings. The summed E-state index contributed by atoms with van der Waals surface area (Å²) in [5.74, 6) is 0.0216. The standard InChI is InChI=1S/C16H22N4O2/c1-3-18-15-13(8-6-9-17-15)20(16(18)22)11-14(21)19-10-5-4-7-12(19)2/h6,8-9,12H,3-5,7,10-11H2,1-2H3/t12-/m0/s1. The van der Waals surface area contributed by atoms with Crippen molar-refractivity contribution in [3.8, 4) is 0 Å². The minimum atomic E-state index is -0.158. The number of piperidine rings is 1. The average Bonchev–Trinajstić information content (AvgIpc) is 2.79. The number of aryl methyl sites for hydroxylation is 1. The molecule has 0 saturated carbocycles. The molecular formula is C16H22N4O2. The summed E-state index contributed by atoms with van der Waals surface area (Å²) in [4.78, 5) is 31.3. The quantitative estimate of drug-likeness (QED) is 0.865. The first-order valence-electron chi connectivity index (χ1n) is 7.97. The molecule has 2 aromatic rings. The summed E-state index contributed by atoms with van der Waals surface area (Å²) in [7, 11) is 0. The lowest BCUT2D eigenvalue weighted by Gasteiger charge is -2.33. The van der Waals surface area contributed by atoms with Crippen LogP contribution in [0.4, 0.5) is 0 Å². The van der Waals surface area contributed by atoms with Crippen molar-refractivity contribution in [3.63, 3.8) is 0 Å². The summed E-state index contributed by atoms with van der Waals surface area (Å²) in [6, 6.07) is 3.91. The van der Waals surface area contributed by atoms with Gasteiger partial charge in [-0.15, -0.1) is 0 Å². The van der Waals surface area contributed by atoms with Crippen molar-refractivity contribution in [2.75, 3.05) is 6.54 Å². The Morgan fingerprint density at radius 3 is 2.91 bits per heavy atom. The second-order valence-electron chi connectivity index (χ2n) is 5.89. The molecule has 1 atom stereocenters. The lowest BCUT2D eigenvalue weighted by Crippen LogP contribution is -2.44. The molecule has 0 radical (unpaired) electrons. The Labute approximate surface area is 129 Å². The van der Waals surface area contributed by atoms with Gasteiger partial charge in [0.1, 0.15) is 6.54 Å². The molecule has 1 amide bonds. The number of amides is 1. The number of fused-ring (bicyclic) bond motifs is 1. The van der Waals surface area contributed by atoms with E-state index < -0.39 is 0 Å². The number of rotatable bonds is 3. The first kappa shape index (κ1) is 14.8. The van der Waals surface area contributed by atoms with Crippen LogP contribution >= 0.6 is 0 Å². The minimum Gasteiger partial charge on any atom is -0.338 e. The van der Waals surface area contributed by atoms with Gasteiger partial charge in [0.15, 0.2) is 5.65 Å². The van der Waals surface area contributed by atoms with Crippen molar-refractivity contribution >= 4 is 17.1 Å². The van der Waals surface area contributed by atoms with Crippen molar-refractivity contribution < 1.29 is 4.79 Å². The number of nitrogens with zero attached hydrogens (tertiary/aromatic N) is 4. The van der Waals surface area contributed by atoms with E-state index in [4.69, 9.17) is 0 Å². The van der Waals surface area contributed by atoms with Crippen LogP contribution in [0.1, 0.15) is 33.1 Å². The molecule has 3 rings (SSSR count). The van der Waals surface area contributed by atoms with Gasteiger partial charge in [-0.05, 0) is 45.2 Å². The van der Waals surface area contributed by atoms with E-state index >= 15 is 0 Å². The van der Waals surface area contributed by atoms with Crippen molar-refractivity contribution in [3.05, 3.63) is 28.8 Å². The Morgan fingerprint density at radius 2 is 2.18 bits per heavy atom. The van der Waals surface area contributed by atoms with Crippen molar-refractivity contribution in [2.24, 2.45) is 0 Å². The van der Waals surface area contributed by atoms with E-state index in [0.29, 0.717) is 12.2 Å². The molecule has 6 nitrogen and oxygen atoms in total. The summed E-state index contributed by atoms with van der Waals surface area (Å²) in [6.45, 7) is 5.43. The van der Waals surface area contributed by atoms with E-state index in [1.807, 2.05) is 17.9 Å². The topological polar surface area (TPSA) is 60.1 Å². The maximum atomic E-state index is 12.6. The Morgan fingerprint density at radius 1 is 1.36 bits per heavy atom. The van der Waals surface area contributed by atoms with Crippen molar-refractivity contribution in [1.82, 2.24) is 19.0 Å². The Kier molecular flexibility index (Phi) is 4.00. The molecule has 0 unspecified atom stereocenters. The maximum Gasteiger partial charge on any atom is 0.330 e. The molecule has 0 N–H and O–H groups in total.